The zero-order valence-electron chi connectivity index (χ0n) is 18.7. The third-order valence-corrected chi connectivity index (χ3v) is 6.61. The lowest BCUT2D eigenvalue weighted by Crippen LogP contribution is -2.48. The van der Waals surface area contributed by atoms with Gasteiger partial charge in [-0.25, -0.2) is 13.6 Å². The summed E-state index contributed by atoms with van der Waals surface area (Å²) in [6, 6.07) is 8.32. The highest BCUT2D eigenvalue weighted by Crippen LogP contribution is 2.29. The molecule has 0 unspecified atom stereocenters. The molecule has 2 aromatic heterocycles. The number of nitrogens with zero attached hydrogens (tertiary/aromatic N) is 4. The van der Waals surface area contributed by atoms with E-state index in [1.54, 1.807) is 26.0 Å². The van der Waals surface area contributed by atoms with Crippen molar-refractivity contribution in [2.45, 2.75) is 18.7 Å². The number of carbonyl (C=O) groups is 1. The van der Waals surface area contributed by atoms with E-state index in [4.69, 9.17) is 14.0 Å². The number of primary sulfonamides is 1. The molecule has 0 radical (unpaired) electrons. The van der Waals surface area contributed by atoms with Crippen LogP contribution in [-0.4, -0.2) is 56.9 Å². The molecule has 1 amide bonds. The average molecular weight is 485 g/mol. The fraction of sp³-hybridized carbons (Fsp3) is 0.318. The Morgan fingerprint density at radius 3 is 2.62 bits per heavy atom. The molecule has 178 valence electrons. The number of piperazine rings is 1. The highest BCUT2D eigenvalue weighted by Gasteiger charge is 2.26. The summed E-state index contributed by atoms with van der Waals surface area (Å²) in [5, 5.41) is 17.5. The highest BCUT2D eigenvalue weighted by atomic mass is 32.2. The van der Waals surface area contributed by atoms with Crippen LogP contribution >= 0.6 is 0 Å². The molecule has 4 rings (SSSR count). The monoisotopic (exact) mass is 484 g/mol. The number of furan rings is 1. The predicted molar refractivity (Wildman–Crippen MR) is 123 cm³/mol. The van der Waals surface area contributed by atoms with Crippen molar-refractivity contribution in [1.82, 2.24) is 9.88 Å². The minimum Gasteiger partial charge on any atom is -0.459 e. The Balaban J connectivity index is 1.39. The van der Waals surface area contributed by atoms with Crippen LogP contribution in [0.1, 0.15) is 16.8 Å². The molecule has 1 saturated heterocycles. The van der Waals surface area contributed by atoms with Gasteiger partial charge in [-0.1, -0.05) is 0 Å². The smallest absolute Gasteiger partial charge is 0.266 e. The normalized spacial score (nSPS) is 14.7. The van der Waals surface area contributed by atoms with E-state index in [9.17, 15) is 18.5 Å². The number of hydrogen-bond donors (Lipinski definition) is 2. The van der Waals surface area contributed by atoms with Gasteiger partial charge in [-0.15, -0.1) is 0 Å². The second-order valence-corrected chi connectivity index (χ2v) is 9.59. The van der Waals surface area contributed by atoms with E-state index >= 15 is 0 Å². The largest absolute Gasteiger partial charge is 0.459 e. The minimum absolute atomic E-state index is 0.0474. The fourth-order valence-corrected chi connectivity index (χ4v) is 4.35. The molecule has 11 nitrogen and oxygen atoms in total. The summed E-state index contributed by atoms with van der Waals surface area (Å²) in [5.41, 5.74) is 2.08. The molecule has 1 fully saturated rings. The summed E-state index contributed by atoms with van der Waals surface area (Å²) >= 11 is 0. The number of carbonyl (C=O) groups excluding carboxylic acids is 1. The van der Waals surface area contributed by atoms with Crippen LogP contribution in [0.25, 0.3) is 11.7 Å². The van der Waals surface area contributed by atoms with Crippen molar-refractivity contribution >= 4 is 27.5 Å². The number of aromatic nitrogens is 1. The number of nitriles is 1. The molecule has 0 saturated carbocycles. The quantitative estimate of drug-likeness (QED) is 0.532. The first-order valence-corrected chi connectivity index (χ1v) is 12.1. The highest BCUT2D eigenvalue weighted by molar-refractivity contribution is 7.89. The molecule has 1 aromatic carbocycles. The van der Waals surface area contributed by atoms with Gasteiger partial charge in [0.25, 0.3) is 5.89 Å². The van der Waals surface area contributed by atoms with Crippen LogP contribution in [-0.2, 0) is 14.8 Å². The standard InChI is InChI=1S/C22H24N6O5S/c1-14-10-16(34(24,30)31)11-17(15(14)2)25-20(29)13-27-5-7-28(8-6-27)22-18(12-23)26-21(33-22)19-4-3-9-32-19/h3-4,9-11H,5-8,13H2,1-2H3,(H,25,29)(H2,24,30,31). The average Bonchev–Trinajstić information content (AvgIpc) is 3.46. The first-order chi connectivity index (χ1) is 16.2. The summed E-state index contributed by atoms with van der Waals surface area (Å²) in [6.45, 7) is 5.88. The van der Waals surface area contributed by atoms with Crippen molar-refractivity contribution in [1.29, 1.82) is 5.26 Å². The van der Waals surface area contributed by atoms with E-state index in [-0.39, 0.29) is 28.9 Å². The zero-order valence-corrected chi connectivity index (χ0v) is 19.6. The van der Waals surface area contributed by atoms with Crippen molar-refractivity contribution in [3.8, 4) is 17.7 Å². The van der Waals surface area contributed by atoms with Gasteiger partial charge >= 0.3 is 0 Å². The summed E-state index contributed by atoms with van der Waals surface area (Å²) in [5.74, 6) is 0.796. The van der Waals surface area contributed by atoms with Gasteiger partial charge in [-0.05, 0) is 49.2 Å². The number of benzene rings is 1. The maximum absolute atomic E-state index is 12.7. The summed E-state index contributed by atoms with van der Waals surface area (Å²) in [7, 11) is -3.89. The second-order valence-electron chi connectivity index (χ2n) is 8.03. The molecule has 0 atom stereocenters. The van der Waals surface area contributed by atoms with E-state index in [1.807, 2.05) is 9.80 Å². The Morgan fingerprint density at radius 1 is 1.26 bits per heavy atom. The lowest BCUT2D eigenvalue weighted by molar-refractivity contribution is -0.117. The number of nitrogens with one attached hydrogen (secondary N) is 1. The van der Waals surface area contributed by atoms with Gasteiger partial charge in [0.05, 0.1) is 17.7 Å². The number of hydrogen-bond acceptors (Lipinski definition) is 9. The SMILES string of the molecule is Cc1cc(S(N)(=O)=O)cc(NC(=O)CN2CCN(c3oc(-c4ccco4)nc3C#N)CC2)c1C. The Labute approximate surface area is 196 Å². The maximum Gasteiger partial charge on any atom is 0.266 e. The lowest BCUT2D eigenvalue weighted by atomic mass is 10.1. The van der Waals surface area contributed by atoms with Gasteiger partial charge < -0.3 is 19.1 Å². The van der Waals surface area contributed by atoms with Crippen molar-refractivity contribution < 1.29 is 22.0 Å². The van der Waals surface area contributed by atoms with E-state index < -0.39 is 10.0 Å². The van der Waals surface area contributed by atoms with Gasteiger partial charge in [0.15, 0.2) is 5.76 Å². The molecule has 0 bridgehead atoms. The molecular formula is C22H24N6O5S. The van der Waals surface area contributed by atoms with Crippen LogP contribution in [0.4, 0.5) is 11.6 Å². The zero-order chi connectivity index (χ0) is 24.5. The van der Waals surface area contributed by atoms with Crippen molar-refractivity contribution in [3.05, 3.63) is 47.3 Å². The molecule has 0 aliphatic carbocycles. The number of sulfonamides is 1. The molecule has 3 N–H and O–H groups in total. The lowest BCUT2D eigenvalue weighted by Gasteiger charge is -2.34. The van der Waals surface area contributed by atoms with Gasteiger partial charge in [0, 0.05) is 31.9 Å². The van der Waals surface area contributed by atoms with E-state index in [1.165, 1.54) is 18.4 Å². The van der Waals surface area contributed by atoms with E-state index in [0.717, 1.165) is 5.56 Å². The van der Waals surface area contributed by atoms with Crippen molar-refractivity contribution in [3.63, 3.8) is 0 Å². The molecule has 34 heavy (non-hydrogen) atoms. The van der Waals surface area contributed by atoms with Gasteiger partial charge in [0.2, 0.25) is 27.5 Å². The maximum atomic E-state index is 12.7. The third kappa shape index (κ3) is 4.96. The third-order valence-electron chi connectivity index (χ3n) is 5.72. The summed E-state index contributed by atoms with van der Waals surface area (Å²) < 4.78 is 34.5. The predicted octanol–water partition coefficient (Wildman–Crippen LogP) is 1.83. The van der Waals surface area contributed by atoms with E-state index in [0.29, 0.717) is 49.1 Å². The molecule has 0 spiro atoms. The van der Waals surface area contributed by atoms with Crippen molar-refractivity contribution in [2.75, 3.05) is 42.9 Å². The Morgan fingerprint density at radius 2 is 2.00 bits per heavy atom. The molecule has 1 aliphatic heterocycles. The van der Waals surface area contributed by atoms with Crippen LogP contribution in [0, 0.1) is 25.2 Å². The number of aryl methyl sites for hydroxylation is 1. The number of amides is 1. The molecule has 3 aromatic rings. The van der Waals surface area contributed by atoms with Gasteiger partial charge in [-0.2, -0.15) is 10.2 Å². The van der Waals surface area contributed by atoms with Crippen LogP contribution in [0.5, 0.6) is 0 Å². The van der Waals surface area contributed by atoms with Crippen LogP contribution in [0.3, 0.4) is 0 Å². The Kier molecular flexibility index (Phi) is 6.43. The molecule has 1 aliphatic rings. The first kappa shape index (κ1) is 23.5. The molecule has 3 heterocycles. The summed E-state index contributed by atoms with van der Waals surface area (Å²) in [4.78, 5) is 20.7. The Bertz CT molecular complexity index is 1350. The van der Waals surface area contributed by atoms with Gasteiger partial charge in [0.1, 0.15) is 6.07 Å². The number of rotatable bonds is 6. The molecule has 12 heteroatoms. The topological polar surface area (TPSA) is 159 Å². The van der Waals surface area contributed by atoms with E-state index in [2.05, 4.69) is 16.4 Å². The van der Waals surface area contributed by atoms with Crippen LogP contribution in [0.15, 0.2) is 44.3 Å². The number of nitrogens with two attached hydrogens (primary N) is 1. The number of oxazole rings is 1. The van der Waals surface area contributed by atoms with Crippen LogP contribution in [0.2, 0.25) is 0 Å². The van der Waals surface area contributed by atoms with Crippen LogP contribution < -0.4 is 15.4 Å². The first-order valence-electron chi connectivity index (χ1n) is 10.5. The Hall–Kier alpha value is -3.66. The number of anilines is 2. The summed E-state index contributed by atoms with van der Waals surface area (Å²) in [6.07, 6.45) is 1.50. The van der Waals surface area contributed by atoms with Gasteiger partial charge in [-0.3, -0.25) is 9.69 Å². The minimum atomic E-state index is -3.89. The fourth-order valence-electron chi connectivity index (χ4n) is 3.73. The van der Waals surface area contributed by atoms with Crippen molar-refractivity contribution in [2.24, 2.45) is 5.14 Å². The molecular weight excluding hydrogens is 460 g/mol. The second kappa shape index (κ2) is 9.30.